The highest BCUT2D eigenvalue weighted by molar-refractivity contribution is 8.10. The maximum atomic E-state index is 11.9. The van der Waals surface area contributed by atoms with E-state index in [1.165, 1.54) is 12.1 Å². The molecular weight excluding hydrogens is 472 g/mol. The smallest absolute Gasteiger partial charge is 0.281 e. The van der Waals surface area contributed by atoms with Crippen molar-refractivity contribution in [3.05, 3.63) is 116 Å². The van der Waals surface area contributed by atoms with Crippen molar-refractivity contribution >= 4 is 40.5 Å². The van der Waals surface area contributed by atoms with Gasteiger partial charge in [-0.2, -0.15) is 0 Å². The van der Waals surface area contributed by atoms with Crippen LogP contribution in [0.25, 0.3) is 0 Å². The minimum Gasteiger partial charge on any atom is -0.348 e. The lowest BCUT2D eigenvalue weighted by Gasteiger charge is -2.45. The van der Waals surface area contributed by atoms with Gasteiger partial charge in [0.2, 0.25) is 0 Å². The number of thiocarbonyl (C=S) groups is 1. The van der Waals surface area contributed by atoms with Gasteiger partial charge >= 0.3 is 0 Å². The Bertz CT molecular complexity index is 1170. The molecule has 34 heavy (non-hydrogen) atoms. The minimum absolute atomic E-state index is 0.0716. The molecule has 0 N–H and O–H groups in total. The monoisotopic (exact) mass is 494 g/mol. The molecule has 0 amide bonds. The largest absolute Gasteiger partial charge is 0.348 e. The second-order valence-corrected chi connectivity index (χ2v) is 9.08. The number of nitro benzene ring substituents is 2. The third-order valence-corrected chi connectivity index (χ3v) is 6.53. The van der Waals surface area contributed by atoms with Crippen LogP contribution in [0, 0.1) is 20.2 Å². The molecule has 174 valence electrons. The summed E-state index contributed by atoms with van der Waals surface area (Å²) in [6, 6.07) is 23.4. The average molecular weight is 495 g/mol. The first-order chi connectivity index (χ1) is 16.4. The summed E-state index contributed by atoms with van der Waals surface area (Å²) >= 11 is 9.73. The van der Waals surface area contributed by atoms with Crippen LogP contribution < -0.4 is 0 Å². The molecule has 3 aromatic rings. The molecule has 4 rings (SSSR count). The van der Waals surface area contributed by atoms with Crippen LogP contribution in [0.2, 0.25) is 0 Å². The molecule has 8 nitrogen and oxygen atoms in total. The molecule has 1 unspecified atom stereocenters. The average Bonchev–Trinajstić information content (AvgIpc) is 2.85. The summed E-state index contributed by atoms with van der Waals surface area (Å²) < 4.78 is 0.327. The second kappa shape index (κ2) is 10.3. The van der Waals surface area contributed by atoms with Gasteiger partial charge < -0.3 is 4.90 Å². The molecule has 1 atom stereocenters. The molecule has 0 spiro atoms. The van der Waals surface area contributed by atoms with E-state index in [0.29, 0.717) is 29.5 Å². The van der Waals surface area contributed by atoms with Gasteiger partial charge in [-0.15, -0.1) is 12.6 Å². The number of nitro groups is 2. The first-order valence-corrected chi connectivity index (χ1v) is 11.5. The topological polar surface area (TPSA) is 92.8 Å². The molecule has 1 heterocycles. The lowest BCUT2D eigenvalue weighted by molar-refractivity contribution is -0.394. The van der Waals surface area contributed by atoms with Crippen molar-refractivity contribution in [3.8, 4) is 0 Å². The van der Waals surface area contributed by atoms with Crippen molar-refractivity contribution in [1.82, 2.24) is 9.80 Å². The Labute approximate surface area is 207 Å². The normalized spacial score (nSPS) is 16.4. The minimum atomic E-state index is -0.633. The van der Waals surface area contributed by atoms with Crippen molar-refractivity contribution < 1.29 is 9.85 Å². The number of rotatable bonds is 6. The number of thiol groups is 1. The molecule has 0 radical (unpaired) electrons. The summed E-state index contributed by atoms with van der Waals surface area (Å²) in [6.07, 6.45) is 0. The van der Waals surface area contributed by atoms with E-state index in [9.17, 15) is 20.2 Å². The maximum Gasteiger partial charge on any atom is 0.281 e. The number of hydrogen-bond donors (Lipinski definition) is 1. The molecule has 1 aliphatic rings. The summed E-state index contributed by atoms with van der Waals surface area (Å²) in [5.74, 6) is 0. The van der Waals surface area contributed by atoms with E-state index in [1.54, 1.807) is 0 Å². The van der Waals surface area contributed by atoms with Gasteiger partial charge in [0.25, 0.3) is 11.4 Å². The standard InChI is InChI=1S/C24H22N4O4S2/c29-27(30)19-11-12-20(21(15-19)28(31)32)22-16-25(13-14-26(22)24(33)34)23(17-7-3-1-4-8-17)18-9-5-2-6-10-18/h1-12,15,22-23H,13-14,16H2,(H,33,34). The Morgan fingerprint density at radius 3 is 2.00 bits per heavy atom. The van der Waals surface area contributed by atoms with Gasteiger partial charge in [-0.25, -0.2) is 0 Å². The first-order valence-electron chi connectivity index (χ1n) is 10.6. The predicted molar refractivity (Wildman–Crippen MR) is 137 cm³/mol. The highest BCUT2D eigenvalue weighted by Gasteiger charge is 2.37. The van der Waals surface area contributed by atoms with Gasteiger partial charge in [-0.3, -0.25) is 25.1 Å². The van der Waals surface area contributed by atoms with Gasteiger partial charge in [0.1, 0.15) is 4.32 Å². The summed E-state index contributed by atoms with van der Waals surface area (Å²) in [6.45, 7) is 1.59. The van der Waals surface area contributed by atoms with Crippen molar-refractivity contribution in [2.75, 3.05) is 19.6 Å². The highest BCUT2D eigenvalue weighted by atomic mass is 32.1. The van der Waals surface area contributed by atoms with E-state index in [4.69, 9.17) is 12.2 Å². The van der Waals surface area contributed by atoms with Crippen LogP contribution >= 0.6 is 24.8 Å². The van der Waals surface area contributed by atoms with Crippen molar-refractivity contribution in [2.24, 2.45) is 0 Å². The quantitative estimate of drug-likeness (QED) is 0.219. The maximum absolute atomic E-state index is 11.9. The third kappa shape index (κ3) is 4.93. The van der Waals surface area contributed by atoms with E-state index in [2.05, 4.69) is 41.8 Å². The number of nitrogens with zero attached hydrogens (tertiary/aromatic N) is 4. The molecule has 1 saturated heterocycles. The van der Waals surface area contributed by atoms with Crippen LogP contribution in [-0.4, -0.2) is 43.6 Å². The van der Waals surface area contributed by atoms with Crippen LogP contribution in [0.1, 0.15) is 28.8 Å². The Balaban J connectivity index is 1.78. The van der Waals surface area contributed by atoms with E-state index in [-0.39, 0.29) is 17.4 Å². The van der Waals surface area contributed by atoms with Gasteiger partial charge in [0.15, 0.2) is 0 Å². The van der Waals surface area contributed by atoms with E-state index in [1.807, 2.05) is 41.3 Å². The Morgan fingerprint density at radius 1 is 0.912 bits per heavy atom. The van der Waals surface area contributed by atoms with Crippen LogP contribution in [0.4, 0.5) is 11.4 Å². The summed E-state index contributed by atoms with van der Waals surface area (Å²) in [5.41, 5.74) is 1.96. The fraction of sp³-hybridized carbons (Fsp3) is 0.208. The predicted octanol–water partition coefficient (Wildman–Crippen LogP) is 5.17. The van der Waals surface area contributed by atoms with Gasteiger partial charge in [0, 0.05) is 25.7 Å². The van der Waals surface area contributed by atoms with Crippen LogP contribution in [0.15, 0.2) is 78.9 Å². The lowest BCUT2D eigenvalue weighted by Crippen LogP contribution is -2.50. The van der Waals surface area contributed by atoms with Gasteiger partial charge in [-0.05, 0) is 17.2 Å². The number of non-ortho nitro benzene ring substituents is 1. The van der Waals surface area contributed by atoms with E-state index >= 15 is 0 Å². The van der Waals surface area contributed by atoms with Crippen molar-refractivity contribution in [3.63, 3.8) is 0 Å². The van der Waals surface area contributed by atoms with Crippen LogP contribution in [-0.2, 0) is 0 Å². The van der Waals surface area contributed by atoms with Gasteiger partial charge in [-0.1, -0.05) is 72.9 Å². The van der Waals surface area contributed by atoms with E-state index in [0.717, 1.165) is 17.2 Å². The van der Waals surface area contributed by atoms with Gasteiger partial charge in [0.05, 0.1) is 33.6 Å². The number of hydrogen-bond acceptors (Lipinski definition) is 6. The fourth-order valence-corrected chi connectivity index (χ4v) is 4.96. The van der Waals surface area contributed by atoms with Crippen molar-refractivity contribution in [1.29, 1.82) is 0 Å². The molecule has 3 aromatic carbocycles. The lowest BCUT2D eigenvalue weighted by atomic mass is 9.93. The van der Waals surface area contributed by atoms with Crippen LogP contribution in [0.3, 0.4) is 0 Å². The molecular formula is C24H22N4O4S2. The molecule has 0 saturated carbocycles. The SMILES string of the molecule is O=[N+]([O-])c1ccc(C2CN(C(c3ccccc3)c3ccccc3)CCN2C(=S)S)c([N+](=O)[O-])c1. The highest BCUT2D eigenvalue weighted by Crippen LogP contribution is 2.39. The Morgan fingerprint density at radius 2 is 1.50 bits per heavy atom. The summed E-state index contributed by atoms with van der Waals surface area (Å²) in [7, 11) is 0. The molecule has 1 aliphatic heterocycles. The first kappa shape index (κ1) is 23.8. The van der Waals surface area contributed by atoms with E-state index < -0.39 is 15.9 Å². The molecule has 0 bridgehead atoms. The Hall–Kier alpha value is -3.34. The molecule has 10 heteroatoms. The molecule has 1 fully saturated rings. The summed E-state index contributed by atoms with van der Waals surface area (Å²) in [5, 5.41) is 23.1. The van der Waals surface area contributed by atoms with Crippen molar-refractivity contribution in [2.45, 2.75) is 12.1 Å². The zero-order valence-corrected chi connectivity index (χ0v) is 19.8. The number of benzene rings is 3. The van der Waals surface area contributed by atoms with Crippen LogP contribution in [0.5, 0.6) is 0 Å². The summed E-state index contributed by atoms with van der Waals surface area (Å²) in [4.78, 5) is 26.0. The zero-order chi connectivity index (χ0) is 24.2. The molecule has 0 aromatic heterocycles. The fourth-order valence-electron chi connectivity index (χ4n) is 4.50. The second-order valence-electron chi connectivity index (χ2n) is 7.97. The zero-order valence-electron chi connectivity index (χ0n) is 18.1. The Kier molecular flexibility index (Phi) is 7.20. The third-order valence-electron chi connectivity index (χ3n) is 6.03. The number of piperazine rings is 1. The molecule has 0 aliphatic carbocycles.